The summed E-state index contributed by atoms with van der Waals surface area (Å²) in [5.41, 5.74) is 0.443. The lowest BCUT2D eigenvalue weighted by Gasteiger charge is -2.03. The highest BCUT2D eigenvalue weighted by Gasteiger charge is 2.10. The van der Waals surface area contributed by atoms with Crippen LogP contribution in [0, 0.1) is 0 Å². The Kier molecular flexibility index (Phi) is 3.59. The Morgan fingerprint density at radius 3 is 2.56 bits per heavy atom. The maximum absolute atomic E-state index is 11.2. The molecule has 2 nitrogen and oxygen atoms in total. The largest absolute Gasteiger partial charge is 0.276 e. The Bertz CT molecular complexity index is 501. The number of halogens is 1. The molecular formula is C12H8ClNOS. The third kappa shape index (κ3) is 2.62. The smallest absolute Gasteiger partial charge is 0.255 e. The molecule has 0 spiro atoms. The number of carbonyl (C=O) groups is 1. The summed E-state index contributed by atoms with van der Waals surface area (Å²) in [5.74, 6) is 0. The molecule has 0 N–H and O–H groups in total. The van der Waals surface area contributed by atoms with E-state index >= 15 is 0 Å². The van der Waals surface area contributed by atoms with Gasteiger partial charge in [-0.25, -0.2) is 4.98 Å². The summed E-state index contributed by atoms with van der Waals surface area (Å²) in [6.45, 7) is 0. The normalized spacial score (nSPS) is 10.1. The summed E-state index contributed by atoms with van der Waals surface area (Å²) in [7, 11) is 0. The average molecular weight is 250 g/mol. The van der Waals surface area contributed by atoms with Crippen LogP contribution in [0.15, 0.2) is 58.6 Å². The quantitative estimate of drug-likeness (QED) is 0.779. The summed E-state index contributed by atoms with van der Waals surface area (Å²) in [6.07, 6.45) is 1.65. The van der Waals surface area contributed by atoms with Crippen LogP contribution in [-0.2, 0) is 0 Å². The molecule has 0 unspecified atom stereocenters. The number of aromatic nitrogens is 1. The van der Waals surface area contributed by atoms with Gasteiger partial charge >= 0.3 is 0 Å². The van der Waals surface area contributed by atoms with Crippen molar-refractivity contribution in [3.63, 3.8) is 0 Å². The molecule has 0 saturated heterocycles. The molecular weight excluding hydrogens is 242 g/mol. The summed E-state index contributed by atoms with van der Waals surface area (Å²) in [6, 6.07) is 13.1. The van der Waals surface area contributed by atoms with E-state index in [0.717, 1.165) is 4.90 Å². The van der Waals surface area contributed by atoms with Crippen LogP contribution in [0.5, 0.6) is 0 Å². The van der Waals surface area contributed by atoms with Crippen molar-refractivity contribution >= 4 is 28.6 Å². The molecule has 0 amide bonds. The molecule has 1 aromatic carbocycles. The van der Waals surface area contributed by atoms with Crippen molar-refractivity contribution in [3.05, 3.63) is 54.2 Å². The van der Waals surface area contributed by atoms with Gasteiger partial charge in [-0.15, -0.1) is 0 Å². The van der Waals surface area contributed by atoms with Crippen LogP contribution >= 0.6 is 23.4 Å². The zero-order valence-corrected chi connectivity index (χ0v) is 9.83. The van der Waals surface area contributed by atoms with Crippen molar-refractivity contribution in [1.29, 1.82) is 0 Å². The molecule has 0 radical (unpaired) electrons. The van der Waals surface area contributed by atoms with Gasteiger partial charge in [0.25, 0.3) is 5.24 Å². The highest BCUT2D eigenvalue weighted by molar-refractivity contribution is 7.99. The van der Waals surface area contributed by atoms with Gasteiger partial charge in [0.15, 0.2) is 0 Å². The highest BCUT2D eigenvalue weighted by atomic mass is 35.5. The minimum atomic E-state index is -0.480. The van der Waals surface area contributed by atoms with Gasteiger partial charge in [-0.05, 0) is 35.9 Å². The van der Waals surface area contributed by atoms with Gasteiger partial charge in [0.2, 0.25) is 0 Å². The summed E-state index contributed by atoms with van der Waals surface area (Å²) in [5, 5.41) is 0.153. The zero-order chi connectivity index (χ0) is 11.4. The van der Waals surface area contributed by atoms with E-state index in [-0.39, 0.29) is 0 Å². The summed E-state index contributed by atoms with van der Waals surface area (Å²) < 4.78 is 0. The molecule has 80 valence electrons. The van der Waals surface area contributed by atoms with Crippen LogP contribution in [0.2, 0.25) is 0 Å². The van der Waals surface area contributed by atoms with E-state index in [1.54, 1.807) is 18.3 Å². The lowest BCUT2D eigenvalue weighted by Crippen LogP contribution is -1.94. The molecule has 1 aromatic heterocycles. The van der Waals surface area contributed by atoms with Crippen LogP contribution in [0.4, 0.5) is 0 Å². The number of hydrogen-bond donors (Lipinski definition) is 0. The Hall–Kier alpha value is -1.32. The van der Waals surface area contributed by atoms with Crippen molar-refractivity contribution in [1.82, 2.24) is 4.98 Å². The van der Waals surface area contributed by atoms with Crippen LogP contribution < -0.4 is 0 Å². The van der Waals surface area contributed by atoms with Gasteiger partial charge in [0.1, 0.15) is 5.03 Å². The first-order chi connectivity index (χ1) is 7.77. The Balaban J connectivity index is 2.31. The number of carbonyl (C=O) groups excluding carboxylic acids is 1. The Labute approximate surface area is 103 Å². The van der Waals surface area contributed by atoms with Crippen molar-refractivity contribution < 1.29 is 4.79 Å². The zero-order valence-electron chi connectivity index (χ0n) is 8.26. The SMILES string of the molecule is O=C(Cl)c1cccnc1Sc1ccccc1. The number of nitrogens with zero attached hydrogens (tertiary/aromatic N) is 1. The molecule has 0 atom stereocenters. The van der Waals surface area contributed by atoms with Gasteiger partial charge in [0, 0.05) is 11.1 Å². The minimum absolute atomic E-state index is 0.443. The standard InChI is InChI=1S/C12H8ClNOS/c13-11(15)10-7-4-8-14-12(10)16-9-5-2-1-3-6-9/h1-8H. The van der Waals surface area contributed by atoms with Crippen LogP contribution in [0.25, 0.3) is 0 Å². The fraction of sp³-hybridized carbons (Fsp3) is 0. The molecule has 0 aliphatic rings. The van der Waals surface area contributed by atoms with Gasteiger partial charge in [-0.2, -0.15) is 0 Å². The Morgan fingerprint density at radius 2 is 1.88 bits per heavy atom. The third-order valence-electron chi connectivity index (χ3n) is 1.94. The first kappa shape index (κ1) is 11.2. The van der Waals surface area contributed by atoms with Crippen LogP contribution in [-0.4, -0.2) is 10.2 Å². The molecule has 0 aliphatic heterocycles. The van der Waals surface area contributed by atoms with E-state index in [0.29, 0.717) is 10.6 Å². The average Bonchev–Trinajstić information content (AvgIpc) is 2.31. The lowest BCUT2D eigenvalue weighted by molar-refractivity contribution is 0.107. The maximum atomic E-state index is 11.2. The monoisotopic (exact) mass is 249 g/mol. The fourth-order valence-electron chi connectivity index (χ4n) is 1.22. The van der Waals surface area contributed by atoms with Crippen molar-refractivity contribution in [3.8, 4) is 0 Å². The molecule has 1 heterocycles. The van der Waals surface area contributed by atoms with Crippen molar-refractivity contribution in [2.75, 3.05) is 0 Å². The second-order valence-corrected chi connectivity index (χ2v) is 4.45. The van der Waals surface area contributed by atoms with Crippen LogP contribution in [0.3, 0.4) is 0 Å². The molecule has 2 rings (SSSR count). The number of rotatable bonds is 3. The second-order valence-electron chi connectivity index (χ2n) is 3.04. The minimum Gasteiger partial charge on any atom is -0.276 e. The van der Waals surface area contributed by atoms with E-state index in [1.165, 1.54) is 11.8 Å². The number of benzene rings is 1. The molecule has 0 saturated carbocycles. The van der Waals surface area contributed by atoms with Gasteiger partial charge in [-0.3, -0.25) is 4.79 Å². The van der Waals surface area contributed by atoms with Crippen molar-refractivity contribution in [2.45, 2.75) is 9.92 Å². The Morgan fingerprint density at radius 1 is 1.12 bits per heavy atom. The predicted octanol–water partition coefficient (Wildman–Crippen LogP) is 3.61. The van der Waals surface area contributed by atoms with E-state index in [9.17, 15) is 4.79 Å². The number of hydrogen-bond acceptors (Lipinski definition) is 3. The van der Waals surface area contributed by atoms with E-state index < -0.39 is 5.24 Å². The summed E-state index contributed by atoms with van der Waals surface area (Å²) in [4.78, 5) is 16.3. The van der Waals surface area contributed by atoms with Crippen molar-refractivity contribution in [2.24, 2.45) is 0 Å². The molecule has 0 bridgehead atoms. The van der Waals surface area contributed by atoms with Gasteiger partial charge in [-0.1, -0.05) is 30.0 Å². The highest BCUT2D eigenvalue weighted by Crippen LogP contribution is 2.28. The first-order valence-corrected chi connectivity index (χ1v) is 5.84. The first-order valence-electron chi connectivity index (χ1n) is 4.65. The third-order valence-corrected chi connectivity index (χ3v) is 3.17. The van der Waals surface area contributed by atoms with E-state index in [2.05, 4.69) is 4.98 Å². The van der Waals surface area contributed by atoms with Gasteiger partial charge < -0.3 is 0 Å². The fourth-order valence-corrected chi connectivity index (χ4v) is 2.33. The van der Waals surface area contributed by atoms with E-state index in [4.69, 9.17) is 11.6 Å². The molecule has 0 fully saturated rings. The maximum Gasteiger partial charge on any atom is 0.255 e. The molecule has 4 heteroatoms. The lowest BCUT2D eigenvalue weighted by atomic mass is 10.3. The predicted molar refractivity (Wildman–Crippen MR) is 65.0 cm³/mol. The molecule has 16 heavy (non-hydrogen) atoms. The summed E-state index contributed by atoms with van der Waals surface area (Å²) >= 11 is 6.91. The topological polar surface area (TPSA) is 30.0 Å². The second kappa shape index (κ2) is 5.14. The van der Waals surface area contributed by atoms with E-state index in [1.807, 2.05) is 30.3 Å². The molecule has 0 aliphatic carbocycles. The van der Waals surface area contributed by atoms with Crippen LogP contribution in [0.1, 0.15) is 10.4 Å². The molecule has 2 aromatic rings. The van der Waals surface area contributed by atoms with Gasteiger partial charge in [0.05, 0.1) is 5.56 Å². The number of pyridine rings is 1.